The van der Waals surface area contributed by atoms with Gasteiger partial charge in [-0.05, 0) is 17.7 Å². The molecule has 2 N–H and O–H groups in total. The molecule has 0 radical (unpaired) electrons. The monoisotopic (exact) mass is 229 g/mol. The first-order valence-corrected chi connectivity index (χ1v) is 5.09. The highest BCUT2D eigenvalue weighted by Crippen LogP contribution is 2.20. The summed E-state index contributed by atoms with van der Waals surface area (Å²) in [6, 6.07) is 11.3. The van der Waals surface area contributed by atoms with Crippen LogP contribution < -0.4 is 5.73 Å². The van der Waals surface area contributed by atoms with E-state index in [-0.39, 0.29) is 11.7 Å². The van der Waals surface area contributed by atoms with Crippen LogP contribution in [0.4, 0.5) is 5.69 Å². The van der Waals surface area contributed by atoms with Gasteiger partial charge in [0.1, 0.15) is 0 Å². The van der Waals surface area contributed by atoms with E-state index in [4.69, 9.17) is 5.73 Å². The van der Waals surface area contributed by atoms with Crippen LogP contribution in [0.25, 0.3) is 0 Å². The van der Waals surface area contributed by atoms with E-state index in [1.54, 1.807) is 18.3 Å². The maximum absolute atomic E-state index is 10.5. The highest BCUT2D eigenvalue weighted by atomic mass is 16.6. The summed E-state index contributed by atoms with van der Waals surface area (Å²) in [5, 5.41) is 10.5. The van der Waals surface area contributed by atoms with Crippen molar-refractivity contribution in [1.82, 2.24) is 4.98 Å². The molecule has 2 rings (SSSR count). The van der Waals surface area contributed by atoms with Crippen LogP contribution in [0.2, 0.25) is 0 Å². The van der Waals surface area contributed by atoms with Gasteiger partial charge in [-0.25, -0.2) is 0 Å². The minimum absolute atomic E-state index is 0.0574. The number of hydrogen-bond acceptors (Lipinski definition) is 4. The fourth-order valence-corrected chi connectivity index (χ4v) is 1.53. The zero-order valence-electron chi connectivity index (χ0n) is 8.98. The number of benzene rings is 1. The predicted molar refractivity (Wildman–Crippen MR) is 63.4 cm³/mol. The normalized spacial score (nSPS) is 12.1. The Morgan fingerprint density at radius 1 is 1.18 bits per heavy atom. The molecule has 0 bridgehead atoms. The summed E-state index contributed by atoms with van der Waals surface area (Å²) in [5.74, 6) is 0. The molecule has 0 spiro atoms. The molecule has 86 valence electrons. The van der Waals surface area contributed by atoms with Gasteiger partial charge in [-0.1, -0.05) is 18.2 Å². The van der Waals surface area contributed by atoms with Gasteiger partial charge in [0.15, 0.2) is 0 Å². The minimum atomic E-state index is -0.434. The van der Waals surface area contributed by atoms with E-state index in [1.807, 2.05) is 18.2 Å². The lowest BCUT2D eigenvalue weighted by Crippen LogP contribution is -2.13. The van der Waals surface area contributed by atoms with Gasteiger partial charge in [-0.2, -0.15) is 0 Å². The third-order valence-corrected chi connectivity index (χ3v) is 2.47. The van der Waals surface area contributed by atoms with Crippen LogP contribution in [0.15, 0.2) is 48.7 Å². The Kier molecular flexibility index (Phi) is 3.11. The first-order chi connectivity index (χ1) is 8.18. The molecule has 1 aromatic heterocycles. The summed E-state index contributed by atoms with van der Waals surface area (Å²) in [5.41, 5.74) is 7.61. The molecule has 2 aromatic rings. The molecule has 0 saturated heterocycles. The second-order valence-corrected chi connectivity index (χ2v) is 3.58. The SMILES string of the molecule is NC(c1ccc([N+](=O)[O-])cc1)c1ccccn1. The lowest BCUT2D eigenvalue weighted by atomic mass is 10.0. The van der Waals surface area contributed by atoms with Crippen molar-refractivity contribution in [2.24, 2.45) is 5.73 Å². The first-order valence-electron chi connectivity index (χ1n) is 5.09. The lowest BCUT2D eigenvalue weighted by molar-refractivity contribution is -0.384. The number of hydrogen-bond donors (Lipinski definition) is 1. The molecule has 5 nitrogen and oxygen atoms in total. The van der Waals surface area contributed by atoms with Crippen molar-refractivity contribution in [3.63, 3.8) is 0 Å². The standard InChI is InChI=1S/C12H11N3O2/c13-12(11-3-1-2-8-14-11)9-4-6-10(7-5-9)15(16)17/h1-8,12H,13H2. The number of pyridine rings is 1. The first kappa shape index (κ1) is 11.2. The number of nitro benzene ring substituents is 1. The van der Waals surface area contributed by atoms with Gasteiger partial charge >= 0.3 is 0 Å². The Bertz CT molecular complexity index is 511. The van der Waals surface area contributed by atoms with Gasteiger partial charge in [0.05, 0.1) is 16.7 Å². The Morgan fingerprint density at radius 2 is 1.88 bits per heavy atom. The van der Waals surface area contributed by atoms with Gasteiger partial charge in [0, 0.05) is 18.3 Å². The van der Waals surface area contributed by atoms with Crippen LogP contribution in [-0.4, -0.2) is 9.91 Å². The van der Waals surface area contributed by atoms with Crippen molar-refractivity contribution in [2.75, 3.05) is 0 Å². The van der Waals surface area contributed by atoms with Crippen LogP contribution >= 0.6 is 0 Å². The quantitative estimate of drug-likeness (QED) is 0.644. The number of rotatable bonds is 3. The Labute approximate surface area is 98.1 Å². The van der Waals surface area contributed by atoms with E-state index in [0.717, 1.165) is 11.3 Å². The predicted octanol–water partition coefficient (Wildman–Crippen LogP) is 2.04. The highest BCUT2D eigenvalue weighted by Gasteiger charge is 2.11. The summed E-state index contributed by atoms with van der Waals surface area (Å²) in [7, 11) is 0. The summed E-state index contributed by atoms with van der Waals surface area (Å²) in [6.07, 6.45) is 1.67. The van der Waals surface area contributed by atoms with Crippen LogP contribution in [-0.2, 0) is 0 Å². The summed E-state index contributed by atoms with van der Waals surface area (Å²) in [6.45, 7) is 0. The van der Waals surface area contributed by atoms with Crippen LogP contribution in [0.5, 0.6) is 0 Å². The van der Waals surface area contributed by atoms with Gasteiger partial charge in [0.25, 0.3) is 5.69 Å². The van der Waals surface area contributed by atoms with E-state index < -0.39 is 4.92 Å². The third-order valence-electron chi connectivity index (χ3n) is 2.47. The molecule has 0 aliphatic rings. The number of aromatic nitrogens is 1. The van der Waals surface area contributed by atoms with Crippen LogP contribution in [0.1, 0.15) is 17.3 Å². The Hall–Kier alpha value is -2.27. The minimum Gasteiger partial charge on any atom is -0.319 e. The van der Waals surface area contributed by atoms with Crippen molar-refractivity contribution in [3.05, 3.63) is 70.0 Å². The van der Waals surface area contributed by atoms with Crippen molar-refractivity contribution < 1.29 is 4.92 Å². The number of non-ortho nitro benzene ring substituents is 1. The van der Waals surface area contributed by atoms with Gasteiger partial charge in [-0.3, -0.25) is 15.1 Å². The molecule has 1 atom stereocenters. The van der Waals surface area contributed by atoms with E-state index in [1.165, 1.54) is 12.1 Å². The van der Waals surface area contributed by atoms with Crippen LogP contribution in [0.3, 0.4) is 0 Å². The third kappa shape index (κ3) is 2.46. The fourth-order valence-electron chi connectivity index (χ4n) is 1.53. The average molecular weight is 229 g/mol. The summed E-state index contributed by atoms with van der Waals surface area (Å²) < 4.78 is 0. The van der Waals surface area contributed by atoms with Gasteiger partial charge < -0.3 is 5.73 Å². The Morgan fingerprint density at radius 3 is 2.41 bits per heavy atom. The number of nitrogens with two attached hydrogens (primary N) is 1. The topological polar surface area (TPSA) is 82.0 Å². The molecular formula is C12H11N3O2. The maximum atomic E-state index is 10.5. The molecule has 1 heterocycles. The molecule has 0 aliphatic carbocycles. The van der Waals surface area contributed by atoms with Gasteiger partial charge in [-0.15, -0.1) is 0 Å². The second-order valence-electron chi connectivity index (χ2n) is 3.58. The smallest absolute Gasteiger partial charge is 0.269 e. The molecule has 1 unspecified atom stereocenters. The molecule has 0 aliphatic heterocycles. The van der Waals surface area contributed by atoms with Crippen molar-refractivity contribution in [3.8, 4) is 0 Å². The molecule has 0 saturated carbocycles. The molecule has 0 fully saturated rings. The number of nitrogens with zero attached hydrogens (tertiary/aromatic N) is 2. The van der Waals surface area contributed by atoms with E-state index in [9.17, 15) is 10.1 Å². The molecule has 1 aromatic carbocycles. The van der Waals surface area contributed by atoms with E-state index in [0.29, 0.717) is 0 Å². The van der Waals surface area contributed by atoms with E-state index >= 15 is 0 Å². The summed E-state index contributed by atoms with van der Waals surface area (Å²) in [4.78, 5) is 14.2. The molecule has 17 heavy (non-hydrogen) atoms. The second kappa shape index (κ2) is 4.71. The maximum Gasteiger partial charge on any atom is 0.269 e. The highest BCUT2D eigenvalue weighted by molar-refractivity contribution is 5.36. The van der Waals surface area contributed by atoms with Crippen molar-refractivity contribution in [2.45, 2.75) is 6.04 Å². The Balaban J connectivity index is 2.26. The number of nitro groups is 1. The fraction of sp³-hybridized carbons (Fsp3) is 0.0833. The zero-order valence-corrected chi connectivity index (χ0v) is 8.98. The largest absolute Gasteiger partial charge is 0.319 e. The van der Waals surface area contributed by atoms with Crippen molar-refractivity contribution in [1.29, 1.82) is 0 Å². The molecule has 0 amide bonds. The van der Waals surface area contributed by atoms with Crippen LogP contribution in [0, 0.1) is 10.1 Å². The summed E-state index contributed by atoms with van der Waals surface area (Å²) >= 11 is 0. The van der Waals surface area contributed by atoms with E-state index in [2.05, 4.69) is 4.98 Å². The molecule has 5 heteroatoms. The zero-order chi connectivity index (χ0) is 12.3. The average Bonchev–Trinajstić information content (AvgIpc) is 2.39. The van der Waals surface area contributed by atoms with Crippen molar-refractivity contribution >= 4 is 5.69 Å². The van der Waals surface area contributed by atoms with Gasteiger partial charge in [0.2, 0.25) is 0 Å². The molecular weight excluding hydrogens is 218 g/mol. The lowest BCUT2D eigenvalue weighted by Gasteiger charge is -2.10.